The number of amides is 2. The van der Waals surface area contributed by atoms with Crippen LogP contribution in [0.25, 0.3) is 0 Å². The first-order chi connectivity index (χ1) is 14.5. The molecule has 30 heavy (non-hydrogen) atoms. The highest BCUT2D eigenvalue weighted by atomic mass is 16.5. The quantitative estimate of drug-likeness (QED) is 0.697. The molecule has 1 aliphatic rings. The number of benzene rings is 1. The number of ether oxygens (including phenoxy) is 2. The minimum Gasteiger partial charge on any atom is -0.493 e. The lowest BCUT2D eigenvalue weighted by Gasteiger charge is -2.19. The van der Waals surface area contributed by atoms with E-state index in [1.54, 1.807) is 36.3 Å². The predicted molar refractivity (Wildman–Crippen MR) is 109 cm³/mol. The average Bonchev–Trinajstić information content (AvgIpc) is 3.38. The number of nitrogens with zero attached hydrogens (tertiary/aromatic N) is 4. The van der Waals surface area contributed by atoms with Gasteiger partial charge in [-0.05, 0) is 29.8 Å². The topological polar surface area (TPSA) is 98.6 Å². The summed E-state index contributed by atoms with van der Waals surface area (Å²) in [5.74, 6) is 0.108. The highest BCUT2D eigenvalue weighted by Crippen LogP contribution is 2.37. The van der Waals surface area contributed by atoms with Gasteiger partial charge in [0.25, 0.3) is 11.8 Å². The third kappa shape index (κ3) is 3.45. The van der Waals surface area contributed by atoms with E-state index in [0.717, 1.165) is 11.3 Å². The molecule has 1 aliphatic heterocycles. The molecule has 0 unspecified atom stereocenters. The van der Waals surface area contributed by atoms with E-state index >= 15 is 0 Å². The van der Waals surface area contributed by atoms with Crippen molar-refractivity contribution in [3.05, 3.63) is 65.2 Å². The molecule has 2 aromatic heterocycles. The maximum Gasteiger partial charge on any atom is 0.274 e. The molecule has 0 aliphatic carbocycles. The van der Waals surface area contributed by atoms with E-state index in [-0.39, 0.29) is 11.8 Å². The Balaban J connectivity index is 1.66. The molecule has 3 aromatic rings. The smallest absolute Gasteiger partial charge is 0.274 e. The van der Waals surface area contributed by atoms with Crippen LogP contribution in [0.15, 0.2) is 42.7 Å². The number of pyridine rings is 1. The summed E-state index contributed by atoms with van der Waals surface area (Å²) < 4.78 is 12.3. The number of nitrogens with one attached hydrogen (secondary N) is 1. The van der Waals surface area contributed by atoms with Gasteiger partial charge in [-0.1, -0.05) is 6.07 Å². The van der Waals surface area contributed by atoms with Gasteiger partial charge in [-0.3, -0.25) is 19.3 Å². The number of rotatable bonds is 5. The number of aromatic nitrogens is 3. The third-order valence-electron chi connectivity index (χ3n) is 5.00. The number of hydrogen-bond acceptors (Lipinski definition) is 6. The van der Waals surface area contributed by atoms with Crippen LogP contribution in [0.5, 0.6) is 11.5 Å². The van der Waals surface area contributed by atoms with Crippen molar-refractivity contribution in [3.63, 3.8) is 0 Å². The zero-order chi connectivity index (χ0) is 21.3. The van der Waals surface area contributed by atoms with Crippen molar-refractivity contribution in [2.75, 3.05) is 19.5 Å². The zero-order valence-electron chi connectivity index (χ0n) is 16.9. The molecule has 0 saturated carbocycles. The molecular weight excluding hydrogens is 386 g/mol. The Labute approximate surface area is 173 Å². The van der Waals surface area contributed by atoms with Gasteiger partial charge in [0.2, 0.25) is 0 Å². The van der Waals surface area contributed by atoms with Crippen LogP contribution in [0.3, 0.4) is 0 Å². The molecule has 0 bridgehead atoms. The van der Waals surface area contributed by atoms with Gasteiger partial charge in [-0.2, -0.15) is 5.10 Å². The van der Waals surface area contributed by atoms with Crippen LogP contribution in [0.2, 0.25) is 0 Å². The number of carbonyl (C=O) groups is 2. The molecule has 1 aromatic carbocycles. The minimum absolute atomic E-state index is 0.190. The van der Waals surface area contributed by atoms with Gasteiger partial charge in [0.15, 0.2) is 11.5 Å². The first-order valence-corrected chi connectivity index (χ1v) is 9.29. The number of anilines is 1. The third-order valence-corrected chi connectivity index (χ3v) is 5.00. The van der Waals surface area contributed by atoms with Crippen LogP contribution < -0.4 is 14.8 Å². The number of carbonyl (C=O) groups excluding carboxylic acids is 2. The van der Waals surface area contributed by atoms with Crippen molar-refractivity contribution in [3.8, 4) is 11.5 Å². The Morgan fingerprint density at radius 3 is 2.60 bits per heavy atom. The molecule has 1 N–H and O–H groups in total. The van der Waals surface area contributed by atoms with E-state index in [9.17, 15) is 9.59 Å². The fourth-order valence-electron chi connectivity index (χ4n) is 3.49. The van der Waals surface area contributed by atoms with Crippen LogP contribution in [-0.2, 0) is 20.1 Å². The Bertz CT molecular complexity index is 1100. The van der Waals surface area contributed by atoms with E-state index in [0.29, 0.717) is 41.5 Å². The predicted octanol–water partition coefficient (Wildman–Crippen LogP) is 2.24. The van der Waals surface area contributed by atoms with Crippen LogP contribution in [-0.4, -0.2) is 45.7 Å². The van der Waals surface area contributed by atoms with Crippen LogP contribution >= 0.6 is 0 Å². The van der Waals surface area contributed by atoms with Gasteiger partial charge in [0.05, 0.1) is 32.1 Å². The molecule has 2 amide bonds. The van der Waals surface area contributed by atoms with E-state index in [4.69, 9.17) is 9.47 Å². The Hall–Kier alpha value is -3.88. The Morgan fingerprint density at radius 1 is 1.10 bits per heavy atom. The molecule has 0 saturated heterocycles. The second-order valence-electron chi connectivity index (χ2n) is 6.82. The van der Waals surface area contributed by atoms with E-state index < -0.39 is 0 Å². The summed E-state index contributed by atoms with van der Waals surface area (Å²) >= 11 is 0. The fourth-order valence-corrected chi connectivity index (χ4v) is 3.49. The van der Waals surface area contributed by atoms with Crippen molar-refractivity contribution >= 4 is 17.5 Å². The van der Waals surface area contributed by atoms with Crippen LogP contribution in [0, 0.1) is 0 Å². The van der Waals surface area contributed by atoms with E-state index in [1.165, 1.54) is 25.1 Å². The van der Waals surface area contributed by atoms with Crippen molar-refractivity contribution < 1.29 is 19.1 Å². The van der Waals surface area contributed by atoms with Crippen molar-refractivity contribution in [1.82, 2.24) is 19.7 Å². The largest absolute Gasteiger partial charge is 0.493 e. The highest BCUT2D eigenvalue weighted by Gasteiger charge is 2.27. The zero-order valence-corrected chi connectivity index (χ0v) is 16.9. The molecule has 9 nitrogen and oxygen atoms in total. The molecule has 3 heterocycles. The van der Waals surface area contributed by atoms with E-state index in [2.05, 4.69) is 15.4 Å². The molecule has 154 valence electrons. The van der Waals surface area contributed by atoms with Crippen molar-refractivity contribution in [2.45, 2.75) is 13.1 Å². The van der Waals surface area contributed by atoms with Gasteiger partial charge in [0, 0.05) is 31.5 Å². The highest BCUT2D eigenvalue weighted by molar-refractivity contribution is 6.05. The van der Waals surface area contributed by atoms with Gasteiger partial charge < -0.3 is 19.7 Å². The summed E-state index contributed by atoms with van der Waals surface area (Å²) in [4.78, 5) is 31.9. The first kappa shape index (κ1) is 19.4. The maximum atomic E-state index is 13.2. The lowest BCUT2D eigenvalue weighted by atomic mass is 10.1. The Morgan fingerprint density at radius 2 is 1.93 bits per heavy atom. The molecule has 0 fully saturated rings. The van der Waals surface area contributed by atoms with Gasteiger partial charge in [-0.25, -0.2) is 0 Å². The van der Waals surface area contributed by atoms with Crippen LogP contribution in [0.4, 0.5) is 5.69 Å². The molecule has 0 spiro atoms. The SMILES string of the molecule is COc1cc(C(=O)N2Cc3cccnc3C2)cc(NC(=O)c2ccnn2C)c1OC. The summed E-state index contributed by atoms with van der Waals surface area (Å²) in [6, 6.07) is 8.62. The summed E-state index contributed by atoms with van der Waals surface area (Å²) in [6.45, 7) is 0.910. The summed E-state index contributed by atoms with van der Waals surface area (Å²) in [5, 5.41) is 6.80. The second-order valence-corrected chi connectivity index (χ2v) is 6.82. The Kier molecular flexibility index (Phi) is 5.09. The second kappa shape index (κ2) is 7.86. The molecule has 9 heteroatoms. The van der Waals surface area contributed by atoms with Crippen molar-refractivity contribution in [1.29, 1.82) is 0 Å². The van der Waals surface area contributed by atoms with Gasteiger partial charge >= 0.3 is 0 Å². The number of aryl methyl sites for hydroxylation is 1. The number of fused-ring (bicyclic) bond motifs is 1. The van der Waals surface area contributed by atoms with Crippen LogP contribution in [0.1, 0.15) is 32.1 Å². The minimum atomic E-state index is -0.377. The number of hydrogen-bond donors (Lipinski definition) is 1. The monoisotopic (exact) mass is 407 g/mol. The normalized spacial score (nSPS) is 12.4. The summed E-state index contributed by atoms with van der Waals surface area (Å²) in [6.07, 6.45) is 3.25. The standard InChI is InChI=1S/C21H21N5O4/c1-25-17(6-8-23-25)20(27)24-15-9-14(10-18(29-2)19(15)30-3)21(28)26-11-13-5-4-7-22-16(13)12-26/h4-10H,11-12H2,1-3H3,(H,24,27). The average molecular weight is 407 g/mol. The summed E-state index contributed by atoms with van der Waals surface area (Å²) in [7, 11) is 4.63. The first-order valence-electron chi connectivity index (χ1n) is 9.29. The molecule has 4 rings (SSSR count). The molecular formula is C21H21N5O4. The lowest BCUT2D eigenvalue weighted by Crippen LogP contribution is -2.26. The van der Waals surface area contributed by atoms with Gasteiger partial charge in [-0.15, -0.1) is 0 Å². The summed E-state index contributed by atoms with van der Waals surface area (Å²) in [5.41, 5.74) is 2.99. The maximum absolute atomic E-state index is 13.2. The number of methoxy groups -OCH3 is 2. The molecule has 0 atom stereocenters. The van der Waals surface area contributed by atoms with Gasteiger partial charge in [0.1, 0.15) is 5.69 Å². The van der Waals surface area contributed by atoms with E-state index in [1.807, 2.05) is 12.1 Å². The van der Waals surface area contributed by atoms with Crippen molar-refractivity contribution in [2.24, 2.45) is 7.05 Å². The molecule has 0 radical (unpaired) electrons. The lowest BCUT2D eigenvalue weighted by molar-refractivity contribution is 0.0749. The fraction of sp³-hybridized carbons (Fsp3) is 0.238.